The lowest BCUT2D eigenvalue weighted by molar-refractivity contribution is 1.11. The van der Waals surface area contributed by atoms with Crippen molar-refractivity contribution < 1.29 is 0 Å². The number of alkyl halides is 1. The lowest BCUT2D eigenvalue weighted by Crippen LogP contribution is -1.99. The molecule has 106 valence electrons. The Bertz CT molecular complexity index is 808. The van der Waals surface area contributed by atoms with E-state index in [1.807, 2.05) is 0 Å². The zero-order chi connectivity index (χ0) is 15.0. The van der Waals surface area contributed by atoms with Crippen molar-refractivity contribution in [2.24, 2.45) is 0 Å². The summed E-state index contributed by atoms with van der Waals surface area (Å²) < 4.78 is 1.06. The summed E-state index contributed by atoms with van der Waals surface area (Å²) in [5.74, 6) is 0. The molecule has 0 aliphatic rings. The maximum atomic E-state index is 6.84. The fourth-order valence-electron chi connectivity index (χ4n) is 2.73. The zero-order valence-corrected chi connectivity index (χ0v) is 14.4. The Hall–Kier alpha value is -1.31. The summed E-state index contributed by atoms with van der Waals surface area (Å²) in [5, 5.41) is 2.29. The Labute approximate surface area is 138 Å². The molecule has 0 aliphatic heterocycles. The van der Waals surface area contributed by atoms with Gasteiger partial charge in [0.15, 0.2) is 0 Å². The van der Waals surface area contributed by atoms with Gasteiger partial charge in [-0.2, -0.15) is 0 Å². The van der Waals surface area contributed by atoms with E-state index in [9.17, 15) is 0 Å². The Kier molecular flexibility index (Phi) is 4.05. The third-order valence-electron chi connectivity index (χ3n) is 3.87. The van der Waals surface area contributed by atoms with Crippen molar-refractivity contribution in [3.8, 4) is 0 Å². The van der Waals surface area contributed by atoms with E-state index in [2.05, 4.69) is 84.4 Å². The Morgan fingerprint density at radius 3 is 2.48 bits per heavy atom. The first kappa shape index (κ1) is 14.6. The maximum Gasteiger partial charge on any atom is 0.0854 e. The van der Waals surface area contributed by atoms with E-state index in [4.69, 9.17) is 11.6 Å². The molecule has 1 atom stereocenters. The molecule has 0 nitrogen and oxygen atoms in total. The Balaban J connectivity index is 2.21. The normalized spacial score (nSPS) is 12.6. The Morgan fingerprint density at radius 1 is 0.952 bits per heavy atom. The molecule has 0 saturated carbocycles. The highest BCUT2D eigenvalue weighted by Gasteiger charge is 2.18. The highest BCUT2D eigenvalue weighted by atomic mass is 79.9. The largest absolute Gasteiger partial charge is 0.113 e. The Morgan fingerprint density at radius 2 is 1.71 bits per heavy atom. The van der Waals surface area contributed by atoms with Gasteiger partial charge in [-0.05, 0) is 52.9 Å². The van der Waals surface area contributed by atoms with E-state index in [1.165, 1.54) is 27.5 Å². The van der Waals surface area contributed by atoms with Crippen molar-refractivity contribution in [2.75, 3.05) is 0 Å². The molecule has 3 rings (SSSR count). The van der Waals surface area contributed by atoms with Crippen molar-refractivity contribution in [2.45, 2.75) is 19.2 Å². The number of halogens is 2. The van der Waals surface area contributed by atoms with E-state index >= 15 is 0 Å². The average molecular weight is 360 g/mol. The number of aryl methyl sites for hydroxylation is 2. The molecular weight excluding hydrogens is 344 g/mol. The molecule has 0 heterocycles. The quantitative estimate of drug-likeness (QED) is 0.455. The van der Waals surface area contributed by atoms with Crippen molar-refractivity contribution in [1.29, 1.82) is 0 Å². The monoisotopic (exact) mass is 358 g/mol. The van der Waals surface area contributed by atoms with E-state index in [0.717, 1.165) is 10.0 Å². The van der Waals surface area contributed by atoms with Gasteiger partial charge in [-0.25, -0.2) is 0 Å². The van der Waals surface area contributed by atoms with Gasteiger partial charge in [0, 0.05) is 4.47 Å². The molecule has 0 fully saturated rings. The van der Waals surface area contributed by atoms with Crippen LogP contribution in [0.3, 0.4) is 0 Å². The standard InChI is InChI=1S/C19H16BrCl/c1-12-7-10-16(17(20)11-12)19(21)18-13(2)8-9-14-5-3-4-6-15(14)18/h3-11,19H,1-2H3. The molecule has 0 radical (unpaired) electrons. The van der Waals surface area contributed by atoms with Crippen LogP contribution in [0, 0.1) is 13.8 Å². The van der Waals surface area contributed by atoms with Crippen molar-refractivity contribution in [1.82, 2.24) is 0 Å². The third-order valence-corrected chi connectivity index (χ3v) is 5.01. The van der Waals surface area contributed by atoms with E-state index in [-0.39, 0.29) is 5.38 Å². The highest BCUT2D eigenvalue weighted by molar-refractivity contribution is 9.10. The van der Waals surface area contributed by atoms with Gasteiger partial charge in [-0.15, -0.1) is 11.6 Å². The second-order valence-electron chi connectivity index (χ2n) is 5.40. The molecule has 0 N–H and O–H groups in total. The maximum absolute atomic E-state index is 6.84. The summed E-state index contributed by atoms with van der Waals surface area (Å²) in [5.41, 5.74) is 4.76. The van der Waals surface area contributed by atoms with Gasteiger partial charge in [0.1, 0.15) is 0 Å². The molecule has 2 heteroatoms. The van der Waals surface area contributed by atoms with E-state index in [0.29, 0.717) is 0 Å². The van der Waals surface area contributed by atoms with Gasteiger partial charge < -0.3 is 0 Å². The molecule has 21 heavy (non-hydrogen) atoms. The first-order valence-corrected chi connectivity index (χ1v) is 8.19. The van der Waals surface area contributed by atoms with Crippen LogP contribution >= 0.6 is 27.5 Å². The molecule has 3 aromatic carbocycles. The number of fused-ring (bicyclic) bond motifs is 1. The van der Waals surface area contributed by atoms with Gasteiger partial charge in [0.2, 0.25) is 0 Å². The van der Waals surface area contributed by atoms with Gasteiger partial charge in [0.05, 0.1) is 5.38 Å². The minimum absolute atomic E-state index is 0.161. The van der Waals surface area contributed by atoms with Crippen LogP contribution in [0.2, 0.25) is 0 Å². The number of benzene rings is 3. The minimum atomic E-state index is -0.161. The zero-order valence-electron chi connectivity index (χ0n) is 12.0. The van der Waals surface area contributed by atoms with Gasteiger partial charge in [-0.1, -0.05) is 64.5 Å². The van der Waals surface area contributed by atoms with Gasteiger partial charge in [-0.3, -0.25) is 0 Å². The molecule has 1 unspecified atom stereocenters. The lowest BCUT2D eigenvalue weighted by Gasteiger charge is -2.18. The van der Waals surface area contributed by atoms with Crippen molar-refractivity contribution in [3.05, 3.63) is 81.3 Å². The summed E-state index contributed by atoms with van der Waals surface area (Å²) in [6.07, 6.45) is 0. The van der Waals surface area contributed by atoms with Crippen LogP contribution in [0.1, 0.15) is 27.6 Å². The van der Waals surface area contributed by atoms with Gasteiger partial charge in [0.25, 0.3) is 0 Å². The van der Waals surface area contributed by atoms with E-state index in [1.54, 1.807) is 0 Å². The molecule has 0 saturated heterocycles. The lowest BCUT2D eigenvalue weighted by atomic mass is 9.93. The molecule has 0 bridgehead atoms. The highest BCUT2D eigenvalue weighted by Crippen LogP contribution is 2.39. The number of rotatable bonds is 2. The topological polar surface area (TPSA) is 0 Å². The van der Waals surface area contributed by atoms with Gasteiger partial charge >= 0.3 is 0 Å². The predicted octanol–water partition coefficient (Wildman–Crippen LogP) is 6.55. The van der Waals surface area contributed by atoms with Crippen LogP contribution in [0.5, 0.6) is 0 Å². The van der Waals surface area contributed by atoms with Crippen LogP contribution < -0.4 is 0 Å². The van der Waals surface area contributed by atoms with Crippen molar-refractivity contribution in [3.63, 3.8) is 0 Å². The fourth-order valence-corrected chi connectivity index (χ4v) is 4.07. The number of hydrogen-bond acceptors (Lipinski definition) is 0. The van der Waals surface area contributed by atoms with Crippen LogP contribution in [0.15, 0.2) is 59.1 Å². The van der Waals surface area contributed by atoms with Crippen LogP contribution in [-0.4, -0.2) is 0 Å². The summed E-state index contributed by atoms with van der Waals surface area (Å²) in [4.78, 5) is 0. The first-order valence-electron chi connectivity index (χ1n) is 6.96. The average Bonchev–Trinajstić information content (AvgIpc) is 2.46. The molecule has 0 spiro atoms. The summed E-state index contributed by atoms with van der Waals surface area (Å²) in [6.45, 7) is 4.21. The second-order valence-corrected chi connectivity index (χ2v) is 6.70. The smallest absolute Gasteiger partial charge is 0.0854 e. The van der Waals surface area contributed by atoms with Crippen LogP contribution in [0.4, 0.5) is 0 Å². The minimum Gasteiger partial charge on any atom is -0.113 e. The summed E-state index contributed by atoms with van der Waals surface area (Å²) >= 11 is 10.5. The van der Waals surface area contributed by atoms with Crippen molar-refractivity contribution >= 4 is 38.3 Å². The number of hydrogen-bond donors (Lipinski definition) is 0. The summed E-state index contributed by atoms with van der Waals surface area (Å²) in [6, 6.07) is 19.0. The first-order chi connectivity index (χ1) is 10.1. The van der Waals surface area contributed by atoms with E-state index < -0.39 is 0 Å². The molecule has 3 aromatic rings. The predicted molar refractivity (Wildman–Crippen MR) is 95.3 cm³/mol. The molecule has 0 aromatic heterocycles. The summed E-state index contributed by atoms with van der Waals surface area (Å²) in [7, 11) is 0. The molecule has 0 amide bonds. The fraction of sp³-hybridized carbons (Fsp3) is 0.158. The third kappa shape index (κ3) is 2.73. The van der Waals surface area contributed by atoms with Crippen LogP contribution in [0.25, 0.3) is 10.8 Å². The molecular formula is C19H16BrCl. The SMILES string of the molecule is Cc1ccc(C(Cl)c2c(C)ccc3ccccc23)c(Br)c1. The molecule has 0 aliphatic carbocycles. The second kappa shape index (κ2) is 5.82. The van der Waals surface area contributed by atoms with Crippen LogP contribution in [-0.2, 0) is 0 Å².